The van der Waals surface area contributed by atoms with Crippen LogP contribution in [-0.2, 0) is 14.3 Å². The van der Waals surface area contributed by atoms with Crippen LogP contribution < -0.4 is 56.5 Å². The third kappa shape index (κ3) is 3.90. The second-order valence-electron chi connectivity index (χ2n) is 1.58. The summed E-state index contributed by atoms with van der Waals surface area (Å²) < 4.78 is 27.7. The van der Waals surface area contributed by atoms with E-state index < -0.39 is 17.9 Å². The molecule has 0 aromatic heterocycles. The molecule has 12 heavy (non-hydrogen) atoms. The van der Waals surface area contributed by atoms with Gasteiger partial charge in [0.1, 0.15) is 5.97 Å². The Morgan fingerprint density at radius 3 is 2.17 bits per heavy atom. The van der Waals surface area contributed by atoms with E-state index in [1.54, 1.807) is 0 Å². The molecule has 0 aromatic rings. The van der Waals surface area contributed by atoms with Gasteiger partial charge in [0, 0.05) is 0 Å². The molecule has 0 radical (unpaired) electrons. The van der Waals surface area contributed by atoms with E-state index in [1.165, 1.54) is 6.92 Å². The quantitative estimate of drug-likeness (QED) is 0.268. The van der Waals surface area contributed by atoms with Crippen molar-refractivity contribution in [2.75, 3.05) is 6.61 Å². The molecule has 4 nitrogen and oxygen atoms in total. The van der Waals surface area contributed by atoms with E-state index in [0.29, 0.717) is 0 Å². The first-order valence-corrected chi connectivity index (χ1v) is 2.69. The molecule has 0 saturated heterocycles. The van der Waals surface area contributed by atoms with Crippen LogP contribution in [0.25, 0.3) is 0 Å². The van der Waals surface area contributed by atoms with Gasteiger partial charge in [-0.3, -0.25) is 0 Å². The fourth-order valence-corrected chi connectivity index (χ4v) is 0.305. The Morgan fingerprint density at radius 1 is 1.50 bits per heavy atom. The van der Waals surface area contributed by atoms with Crippen LogP contribution in [0.2, 0.25) is 0 Å². The minimum absolute atomic E-state index is 0. The van der Waals surface area contributed by atoms with E-state index >= 15 is 0 Å². The number of hydrogen-bond acceptors (Lipinski definition) is 4. The number of alkyl halides is 2. The van der Waals surface area contributed by atoms with Crippen LogP contribution in [0.15, 0.2) is 0 Å². The van der Waals surface area contributed by atoms with Gasteiger partial charge >= 0.3 is 63.3 Å². The van der Waals surface area contributed by atoms with Crippen LogP contribution in [0, 0.1) is 0 Å². The van der Waals surface area contributed by atoms with Crippen molar-refractivity contribution in [3.05, 3.63) is 0 Å². The zero-order chi connectivity index (χ0) is 9.07. The van der Waals surface area contributed by atoms with Crippen molar-refractivity contribution in [1.29, 1.82) is 0 Å². The molecule has 0 amide bonds. The molecule has 0 spiro atoms. The Hall–Kier alpha value is 0.436. The maximum atomic E-state index is 12.0. The summed E-state index contributed by atoms with van der Waals surface area (Å²) in [6, 6.07) is 0. The number of carbonyl (C=O) groups is 2. The van der Waals surface area contributed by atoms with Crippen LogP contribution in [0.3, 0.4) is 0 Å². The molecular weight excluding hydrogens is 201 g/mol. The number of hydrogen-bond donors (Lipinski definition) is 0. The molecule has 0 aliphatic carbocycles. The molecule has 0 saturated carbocycles. The van der Waals surface area contributed by atoms with Crippen LogP contribution in [-0.4, -0.2) is 24.5 Å². The zero-order valence-electron chi connectivity index (χ0n) is 6.60. The molecule has 0 aliphatic heterocycles. The van der Waals surface area contributed by atoms with E-state index in [4.69, 9.17) is 0 Å². The van der Waals surface area contributed by atoms with E-state index in [0.717, 1.165) is 0 Å². The van der Waals surface area contributed by atoms with E-state index in [1.807, 2.05) is 0 Å². The maximum Gasteiger partial charge on any atom is 1.00 e. The largest absolute Gasteiger partial charge is 1.00 e. The van der Waals surface area contributed by atoms with Gasteiger partial charge in [-0.05, 0) is 6.92 Å². The molecule has 0 heterocycles. The summed E-state index contributed by atoms with van der Waals surface area (Å²) in [6.07, 6.45) is 0. The van der Waals surface area contributed by atoms with Crippen molar-refractivity contribution in [2.45, 2.75) is 12.8 Å². The van der Waals surface area contributed by atoms with Crippen LogP contribution in [0.5, 0.6) is 0 Å². The van der Waals surface area contributed by atoms with Crippen molar-refractivity contribution < 1.29 is 79.6 Å². The normalized spacial score (nSPS) is 9.92. The summed E-state index contributed by atoms with van der Waals surface area (Å²) in [7, 11) is 0. The SMILES string of the molecule is CCOC(=O)C(F)(F)C(=O)[O-].[K+]. The number of aliphatic carboxylic acids is 1. The average Bonchev–Trinajstić information content (AvgIpc) is 1.88. The smallest absolute Gasteiger partial charge is 0.543 e. The fourth-order valence-electron chi connectivity index (χ4n) is 0.305. The van der Waals surface area contributed by atoms with E-state index in [9.17, 15) is 23.5 Å². The number of carbonyl (C=O) groups excluding carboxylic acids is 2. The third-order valence-electron chi connectivity index (χ3n) is 0.788. The fraction of sp³-hybridized carbons (Fsp3) is 0.600. The molecule has 0 aliphatic rings. The van der Waals surface area contributed by atoms with Gasteiger partial charge in [0.15, 0.2) is 0 Å². The monoisotopic (exact) mass is 206 g/mol. The summed E-state index contributed by atoms with van der Waals surface area (Å²) in [4.78, 5) is 19.7. The maximum absolute atomic E-state index is 12.0. The average molecular weight is 206 g/mol. The van der Waals surface area contributed by atoms with Gasteiger partial charge in [-0.25, -0.2) is 4.79 Å². The van der Waals surface area contributed by atoms with Gasteiger partial charge in [-0.1, -0.05) is 0 Å². The van der Waals surface area contributed by atoms with E-state index in [-0.39, 0.29) is 58.0 Å². The Morgan fingerprint density at radius 2 is 1.92 bits per heavy atom. The minimum Gasteiger partial charge on any atom is -0.543 e. The zero-order valence-corrected chi connectivity index (χ0v) is 9.72. The summed E-state index contributed by atoms with van der Waals surface area (Å²) in [5, 5.41) is 9.58. The van der Waals surface area contributed by atoms with Crippen molar-refractivity contribution >= 4 is 11.9 Å². The topological polar surface area (TPSA) is 66.4 Å². The molecule has 0 bridgehead atoms. The van der Waals surface area contributed by atoms with Gasteiger partial charge < -0.3 is 14.6 Å². The van der Waals surface area contributed by atoms with Gasteiger partial charge in [0.05, 0.1) is 6.61 Å². The first kappa shape index (κ1) is 14.9. The summed E-state index contributed by atoms with van der Waals surface area (Å²) in [5.41, 5.74) is 0. The second-order valence-corrected chi connectivity index (χ2v) is 1.58. The van der Waals surface area contributed by atoms with Crippen LogP contribution in [0.4, 0.5) is 8.78 Å². The predicted octanol–water partition coefficient (Wildman–Crippen LogP) is -4.06. The predicted molar refractivity (Wildman–Crippen MR) is 26.6 cm³/mol. The number of esters is 1. The van der Waals surface area contributed by atoms with Crippen molar-refractivity contribution in [3.8, 4) is 0 Å². The number of carboxylic acids is 1. The molecule has 7 heteroatoms. The Bertz CT molecular complexity index is 182. The summed E-state index contributed by atoms with van der Waals surface area (Å²) in [6.45, 7) is 0.977. The Kier molecular flexibility index (Phi) is 7.44. The molecular formula is C5H5F2KO4. The van der Waals surface area contributed by atoms with Gasteiger partial charge in [0.25, 0.3) is 0 Å². The number of ether oxygens (including phenoxy) is 1. The Labute approximate surface area is 110 Å². The number of carboxylic acid groups (broad SMARTS) is 1. The molecule has 0 atom stereocenters. The molecule has 0 rings (SSSR count). The minimum atomic E-state index is -4.55. The summed E-state index contributed by atoms with van der Waals surface area (Å²) >= 11 is 0. The number of rotatable bonds is 3. The molecule has 0 aromatic carbocycles. The van der Waals surface area contributed by atoms with E-state index in [2.05, 4.69) is 4.74 Å². The van der Waals surface area contributed by atoms with Crippen molar-refractivity contribution in [3.63, 3.8) is 0 Å². The molecule has 0 unspecified atom stereocenters. The third-order valence-corrected chi connectivity index (χ3v) is 0.788. The van der Waals surface area contributed by atoms with Crippen LogP contribution in [0.1, 0.15) is 6.92 Å². The molecule has 0 N–H and O–H groups in total. The standard InChI is InChI=1S/C5H6F2O4.K/c1-2-11-4(10)5(6,7)3(8)9;/h2H2,1H3,(H,8,9);/q;+1/p-1. The number of halogens is 2. The first-order chi connectivity index (χ1) is 4.92. The molecule has 0 fully saturated rings. The summed E-state index contributed by atoms with van der Waals surface area (Å²) in [5.74, 6) is -9.40. The van der Waals surface area contributed by atoms with Crippen molar-refractivity contribution in [1.82, 2.24) is 0 Å². The second kappa shape index (κ2) is 5.98. The van der Waals surface area contributed by atoms with Gasteiger partial charge in [-0.2, -0.15) is 8.78 Å². The Balaban J connectivity index is 0. The van der Waals surface area contributed by atoms with Gasteiger partial charge in [-0.15, -0.1) is 0 Å². The van der Waals surface area contributed by atoms with Crippen LogP contribution >= 0.6 is 0 Å². The van der Waals surface area contributed by atoms with Gasteiger partial charge in [0.2, 0.25) is 0 Å². The first-order valence-electron chi connectivity index (χ1n) is 2.69. The molecule has 64 valence electrons. The van der Waals surface area contributed by atoms with Crippen molar-refractivity contribution in [2.24, 2.45) is 0 Å².